The van der Waals surface area contributed by atoms with Gasteiger partial charge in [-0.05, 0) is 59.5 Å². The summed E-state index contributed by atoms with van der Waals surface area (Å²) < 4.78 is 10.5. The first-order chi connectivity index (χ1) is 11.8. The van der Waals surface area contributed by atoms with E-state index >= 15 is 0 Å². The summed E-state index contributed by atoms with van der Waals surface area (Å²) in [6.07, 6.45) is 7.32. The van der Waals surface area contributed by atoms with E-state index in [1.54, 1.807) is 0 Å². The van der Waals surface area contributed by atoms with Crippen LogP contribution in [-0.4, -0.2) is 37.9 Å². The topological polar surface area (TPSA) is 65.1 Å². The summed E-state index contributed by atoms with van der Waals surface area (Å²) in [6, 6.07) is 6.30. The molecule has 7 heteroatoms. The molecule has 0 radical (unpaired) electrons. The Kier molecular flexibility index (Phi) is 4.55. The summed E-state index contributed by atoms with van der Waals surface area (Å²) in [5, 5.41) is 19.3. The third-order valence-electron chi connectivity index (χ3n) is 4.40. The standard InChI is InChI=1S/C17H19IN4O2/c18-17-14-5-4-12(9-15(14)21(20-17)6-7-23)13-10-19-22(11-13)16-3-1-2-8-24-16/h4-5,9-11,16,23H,1-3,6-8H2. The summed E-state index contributed by atoms with van der Waals surface area (Å²) in [6.45, 7) is 1.39. The zero-order valence-electron chi connectivity index (χ0n) is 13.2. The molecule has 0 spiro atoms. The highest BCUT2D eigenvalue weighted by molar-refractivity contribution is 14.1. The van der Waals surface area contributed by atoms with Gasteiger partial charge >= 0.3 is 0 Å². The Labute approximate surface area is 153 Å². The molecule has 0 saturated carbocycles. The van der Waals surface area contributed by atoms with Crippen molar-refractivity contribution in [2.45, 2.75) is 32.0 Å². The van der Waals surface area contributed by atoms with Gasteiger partial charge in [-0.3, -0.25) is 4.68 Å². The van der Waals surface area contributed by atoms with Crippen molar-refractivity contribution in [2.75, 3.05) is 13.2 Å². The van der Waals surface area contributed by atoms with E-state index < -0.39 is 0 Å². The van der Waals surface area contributed by atoms with Crippen LogP contribution in [0.5, 0.6) is 0 Å². The Balaban J connectivity index is 1.68. The third kappa shape index (κ3) is 2.96. The lowest BCUT2D eigenvalue weighted by atomic mass is 10.1. The predicted octanol–water partition coefficient (Wildman–Crippen LogP) is 3.20. The van der Waals surface area contributed by atoms with Crippen LogP contribution in [0.4, 0.5) is 0 Å². The van der Waals surface area contributed by atoms with Crippen LogP contribution in [0.1, 0.15) is 25.5 Å². The number of nitrogens with zero attached hydrogens (tertiary/aromatic N) is 4. The first-order valence-corrected chi connectivity index (χ1v) is 9.27. The van der Waals surface area contributed by atoms with Crippen molar-refractivity contribution in [1.82, 2.24) is 19.6 Å². The normalized spacial score (nSPS) is 18.3. The molecule has 6 nitrogen and oxygen atoms in total. The highest BCUT2D eigenvalue weighted by Gasteiger charge is 2.17. The maximum Gasteiger partial charge on any atom is 0.150 e. The monoisotopic (exact) mass is 438 g/mol. The molecule has 0 aliphatic carbocycles. The minimum Gasteiger partial charge on any atom is -0.394 e. The van der Waals surface area contributed by atoms with Crippen LogP contribution in [0.3, 0.4) is 0 Å². The average Bonchev–Trinajstić information content (AvgIpc) is 3.22. The van der Waals surface area contributed by atoms with Crippen LogP contribution in [0.25, 0.3) is 22.0 Å². The lowest BCUT2D eigenvalue weighted by Gasteiger charge is -2.22. The molecule has 4 rings (SSSR count). The second-order valence-corrected chi connectivity index (χ2v) is 7.02. The van der Waals surface area contributed by atoms with Gasteiger partial charge in [-0.1, -0.05) is 6.07 Å². The van der Waals surface area contributed by atoms with Crippen molar-refractivity contribution in [1.29, 1.82) is 0 Å². The fourth-order valence-corrected chi connectivity index (χ4v) is 3.87. The van der Waals surface area contributed by atoms with Crippen LogP contribution < -0.4 is 0 Å². The van der Waals surface area contributed by atoms with Gasteiger partial charge in [0.25, 0.3) is 0 Å². The number of aromatic nitrogens is 4. The third-order valence-corrected chi connectivity index (χ3v) is 5.20. The molecule has 1 N–H and O–H groups in total. The van der Waals surface area contributed by atoms with Gasteiger partial charge in [0.1, 0.15) is 9.93 Å². The number of rotatable bonds is 4. The summed E-state index contributed by atoms with van der Waals surface area (Å²) in [4.78, 5) is 0. The zero-order chi connectivity index (χ0) is 16.5. The number of hydrogen-bond donors (Lipinski definition) is 1. The molecule has 1 atom stereocenters. The van der Waals surface area contributed by atoms with E-state index in [-0.39, 0.29) is 12.8 Å². The molecular weight excluding hydrogens is 419 g/mol. The second-order valence-electron chi connectivity index (χ2n) is 6.00. The predicted molar refractivity (Wildman–Crippen MR) is 99.6 cm³/mol. The van der Waals surface area contributed by atoms with E-state index in [4.69, 9.17) is 4.74 Å². The van der Waals surface area contributed by atoms with Crippen LogP contribution >= 0.6 is 22.6 Å². The number of aliphatic hydroxyl groups excluding tert-OH is 1. The van der Waals surface area contributed by atoms with E-state index in [0.717, 1.165) is 45.2 Å². The maximum atomic E-state index is 9.23. The van der Waals surface area contributed by atoms with Gasteiger partial charge in [0, 0.05) is 23.8 Å². The van der Waals surface area contributed by atoms with Crippen molar-refractivity contribution in [2.24, 2.45) is 0 Å². The number of aliphatic hydroxyl groups is 1. The first kappa shape index (κ1) is 16.0. The lowest BCUT2D eigenvalue weighted by Crippen LogP contribution is -2.18. The van der Waals surface area contributed by atoms with Crippen molar-refractivity contribution < 1.29 is 9.84 Å². The van der Waals surface area contributed by atoms with Gasteiger partial charge in [0.15, 0.2) is 0 Å². The van der Waals surface area contributed by atoms with Gasteiger partial charge in [-0.15, -0.1) is 0 Å². The summed E-state index contributed by atoms with van der Waals surface area (Å²) in [5.41, 5.74) is 3.20. The van der Waals surface area contributed by atoms with E-state index in [1.165, 1.54) is 6.42 Å². The smallest absolute Gasteiger partial charge is 0.150 e. The van der Waals surface area contributed by atoms with Crippen LogP contribution in [0.2, 0.25) is 0 Å². The number of fused-ring (bicyclic) bond motifs is 1. The molecule has 24 heavy (non-hydrogen) atoms. The molecule has 1 aromatic carbocycles. The molecule has 2 aromatic heterocycles. The molecule has 3 heterocycles. The molecule has 126 valence electrons. The van der Waals surface area contributed by atoms with Gasteiger partial charge in [-0.2, -0.15) is 10.2 Å². The highest BCUT2D eigenvalue weighted by atomic mass is 127. The molecule has 1 aliphatic heterocycles. The Morgan fingerprint density at radius 1 is 1.29 bits per heavy atom. The van der Waals surface area contributed by atoms with E-state index in [9.17, 15) is 5.11 Å². The van der Waals surface area contributed by atoms with Crippen molar-refractivity contribution in [3.8, 4) is 11.1 Å². The van der Waals surface area contributed by atoms with Gasteiger partial charge in [0.05, 0.1) is 24.9 Å². The van der Waals surface area contributed by atoms with E-state index in [2.05, 4.69) is 57.2 Å². The van der Waals surface area contributed by atoms with Crippen molar-refractivity contribution in [3.05, 3.63) is 34.3 Å². The lowest BCUT2D eigenvalue weighted by molar-refractivity contribution is -0.0394. The number of ether oxygens (including phenoxy) is 1. The summed E-state index contributed by atoms with van der Waals surface area (Å²) >= 11 is 2.23. The molecule has 3 aromatic rings. The molecule has 1 fully saturated rings. The van der Waals surface area contributed by atoms with E-state index in [1.807, 2.05) is 15.6 Å². The Bertz CT molecular complexity index is 852. The van der Waals surface area contributed by atoms with Crippen molar-refractivity contribution in [3.63, 3.8) is 0 Å². The van der Waals surface area contributed by atoms with Gasteiger partial charge in [0.2, 0.25) is 0 Å². The molecule has 0 amide bonds. The second kappa shape index (κ2) is 6.81. The van der Waals surface area contributed by atoms with Crippen molar-refractivity contribution >= 4 is 33.5 Å². The average molecular weight is 438 g/mol. The van der Waals surface area contributed by atoms with Gasteiger partial charge in [-0.25, -0.2) is 4.68 Å². The first-order valence-electron chi connectivity index (χ1n) is 8.19. The SMILES string of the molecule is OCCn1nc(I)c2ccc(-c3cnn(C4CCCCO4)c3)cc21. The minimum atomic E-state index is 0.0529. The number of halogens is 1. The fourth-order valence-electron chi connectivity index (χ4n) is 3.16. The molecule has 1 saturated heterocycles. The molecule has 0 bridgehead atoms. The van der Waals surface area contributed by atoms with Crippen LogP contribution in [0, 0.1) is 3.70 Å². The number of benzene rings is 1. The quantitative estimate of drug-likeness (QED) is 0.636. The van der Waals surface area contributed by atoms with E-state index in [0.29, 0.717) is 6.54 Å². The molecule has 1 unspecified atom stereocenters. The molecular formula is C17H19IN4O2. The summed E-state index contributed by atoms with van der Waals surface area (Å²) in [7, 11) is 0. The van der Waals surface area contributed by atoms with Crippen LogP contribution in [0.15, 0.2) is 30.6 Å². The Morgan fingerprint density at radius 2 is 2.21 bits per heavy atom. The zero-order valence-corrected chi connectivity index (χ0v) is 15.4. The largest absolute Gasteiger partial charge is 0.394 e. The highest BCUT2D eigenvalue weighted by Crippen LogP contribution is 2.29. The fraction of sp³-hybridized carbons (Fsp3) is 0.412. The Hall–Kier alpha value is -1.45. The number of hydrogen-bond acceptors (Lipinski definition) is 4. The summed E-state index contributed by atoms with van der Waals surface area (Å²) in [5.74, 6) is 0. The minimum absolute atomic E-state index is 0.0529. The van der Waals surface area contributed by atoms with Gasteiger partial charge < -0.3 is 9.84 Å². The maximum absolute atomic E-state index is 9.23. The van der Waals surface area contributed by atoms with Crippen LogP contribution in [-0.2, 0) is 11.3 Å². The Morgan fingerprint density at radius 3 is 3.00 bits per heavy atom. The molecule has 1 aliphatic rings.